The minimum absolute atomic E-state index is 0.158. The van der Waals surface area contributed by atoms with Gasteiger partial charge in [0.25, 0.3) is 0 Å². The molecular weight excluding hydrogens is 264 g/mol. The zero-order valence-electron chi connectivity index (χ0n) is 13.3. The van der Waals surface area contributed by atoms with Gasteiger partial charge in [-0.3, -0.25) is 0 Å². The Morgan fingerprint density at radius 1 is 1.33 bits per heavy atom. The van der Waals surface area contributed by atoms with E-state index in [1.54, 1.807) is 7.11 Å². The Balaban J connectivity index is 1.90. The zero-order valence-corrected chi connectivity index (χ0v) is 13.3. The van der Waals surface area contributed by atoms with Gasteiger partial charge in [-0.1, -0.05) is 25.8 Å². The number of hydrogen-bond acceptors (Lipinski definition) is 4. The second kappa shape index (κ2) is 7.76. The van der Waals surface area contributed by atoms with E-state index in [1.807, 2.05) is 18.2 Å². The van der Waals surface area contributed by atoms with Gasteiger partial charge in [-0.25, -0.2) is 4.98 Å². The third-order valence-electron chi connectivity index (χ3n) is 4.60. The first-order valence-electron chi connectivity index (χ1n) is 8.05. The average Bonchev–Trinajstić information content (AvgIpc) is 2.55. The molecule has 4 heteroatoms. The van der Waals surface area contributed by atoms with E-state index in [9.17, 15) is 0 Å². The van der Waals surface area contributed by atoms with Crippen molar-refractivity contribution >= 4 is 0 Å². The largest absolute Gasteiger partial charge is 0.481 e. The van der Waals surface area contributed by atoms with E-state index in [0.717, 1.165) is 24.5 Å². The molecule has 0 unspecified atom stereocenters. The van der Waals surface area contributed by atoms with Gasteiger partial charge in [0.15, 0.2) is 0 Å². The van der Waals surface area contributed by atoms with Crippen molar-refractivity contribution in [3.05, 3.63) is 23.9 Å². The summed E-state index contributed by atoms with van der Waals surface area (Å²) < 4.78 is 11.3. The third-order valence-corrected chi connectivity index (χ3v) is 4.60. The van der Waals surface area contributed by atoms with Gasteiger partial charge < -0.3 is 15.2 Å². The van der Waals surface area contributed by atoms with E-state index in [1.165, 1.54) is 25.7 Å². The van der Waals surface area contributed by atoms with Gasteiger partial charge in [-0.05, 0) is 37.7 Å². The predicted octanol–water partition coefficient (Wildman–Crippen LogP) is 3.29. The van der Waals surface area contributed by atoms with Crippen LogP contribution in [0.2, 0.25) is 0 Å². The highest BCUT2D eigenvalue weighted by atomic mass is 16.5. The summed E-state index contributed by atoms with van der Waals surface area (Å²) in [7, 11) is 1.63. The lowest BCUT2D eigenvalue weighted by molar-refractivity contribution is -0.0827. The molecular formula is C17H28N2O2. The molecule has 1 fully saturated rings. The van der Waals surface area contributed by atoms with Gasteiger partial charge in [-0.2, -0.15) is 0 Å². The van der Waals surface area contributed by atoms with E-state index in [4.69, 9.17) is 15.2 Å². The lowest BCUT2D eigenvalue weighted by Gasteiger charge is -2.39. The van der Waals surface area contributed by atoms with E-state index in [2.05, 4.69) is 11.9 Å². The van der Waals surface area contributed by atoms with Crippen LogP contribution in [0.25, 0.3) is 0 Å². The second-order valence-corrected chi connectivity index (χ2v) is 6.08. The summed E-state index contributed by atoms with van der Waals surface area (Å²) in [5.74, 6) is 1.48. The van der Waals surface area contributed by atoms with Gasteiger partial charge in [0.1, 0.15) is 0 Å². The van der Waals surface area contributed by atoms with Crippen molar-refractivity contribution in [2.24, 2.45) is 11.7 Å². The second-order valence-electron chi connectivity index (χ2n) is 6.08. The molecule has 2 rings (SSSR count). The van der Waals surface area contributed by atoms with Crippen LogP contribution in [0, 0.1) is 5.92 Å². The fraction of sp³-hybridized carbons (Fsp3) is 0.706. The highest BCUT2D eigenvalue weighted by molar-refractivity contribution is 5.15. The smallest absolute Gasteiger partial charge is 0.213 e. The molecule has 0 radical (unpaired) electrons. The molecule has 1 aromatic rings. The van der Waals surface area contributed by atoms with Crippen LogP contribution in [0.5, 0.6) is 5.88 Å². The van der Waals surface area contributed by atoms with Crippen molar-refractivity contribution in [3.63, 3.8) is 0 Å². The van der Waals surface area contributed by atoms with Gasteiger partial charge in [0.05, 0.1) is 25.0 Å². The first-order chi connectivity index (χ1) is 10.2. The molecule has 0 saturated heterocycles. The maximum Gasteiger partial charge on any atom is 0.213 e. The number of rotatable bonds is 7. The highest BCUT2D eigenvalue weighted by Gasteiger charge is 2.34. The van der Waals surface area contributed by atoms with Crippen molar-refractivity contribution in [3.8, 4) is 5.88 Å². The van der Waals surface area contributed by atoms with Crippen LogP contribution < -0.4 is 10.5 Å². The molecule has 118 valence electrons. The first kappa shape index (κ1) is 16.2. The van der Waals surface area contributed by atoms with Crippen LogP contribution in [0.3, 0.4) is 0 Å². The molecule has 0 spiro atoms. The standard InChI is InChI=1S/C17H28N2O2/c1-3-5-14-8-10-17(13-18,11-9-14)21-12-15-6-4-7-16(19-15)20-2/h4,6-7,14H,3,5,8-13,18H2,1-2H3. The Morgan fingerprint density at radius 3 is 2.71 bits per heavy atom. The normalized spacial score (nSPS) is 25.8. The lowest BCUT2D eigenvalue weighted by atomic mass is 9.77. The molecule has 0 aliphatic heterocycles. The molecule has 1 heterocycles. The summed E-state index contributed by atoms with van der Waals surface area (Å²) >= 11 is 0. The molecule has 0 amide bonds. The molecule has 1 aliphatic carbocycles. The van der Waals surface area contributed by atoms with Gasteiger partial charge in [0.2, 0.25) is 5.88 Å². The predicted molar refractivity (Wildman–Crippen MR) is 84.2 cm³/mol. The van der Waals surface area contributed by atoms with Gasteiger partial charge >= 0.3 is 0 Å². The maximum absolute atomic E-state index is 6.19. The molecule has 0 aromatic carbocycles. The number of ether oxygens (including phenoxy) is 2. The summed E-state index contributed by atoms with van der Waals surface area (Å²) in [4.78, 5) is 4.40. The van der Waals surface area contributed by atoms with E-state index in [-0.39, 0.29) is 5.60 Å². The van der Waals surface area contributed by atoms with Crippen molar-refractivity contribution in [1.82, 2.24) is 4.98 Å². The van der Waals surface area contributed by atoms with Crippen LogP contribution in [-0.4, -0.2) is 24.2 Å². The van der Waals surface area contributed by atoms with Crippen molar-refractivity contribution in [1.29, 1.82) is 0 Å². The van der Waals surface area contributed by atoms with Crippen LogP contribution in [-0.2, 0) is 11.3 Å². The third kappa shape index (κ3) is 4.42. The SMILES string of the molecule is CCCC1CCC(CN)(OCc2cccc(OC)n2)CC1. The van der Waals surface area contributed by atoms with Crippen molar-refractivity contribution in [2.75, 3.05) is 13.7 Å². The van der Waals surface area contributed by atoms with Crippen molar-refractivity contribution in [2.45, 2.75) is 57.7 Å². The van der Waals surface area contributed by atoms with E-state index >= 15 is 0 Å². The Bertz CT molecular complexity index is 429. The fourth-order valence-corrected chi connectivity index (χ4v) is 3.19. The molecule has 4 nitrogen and oxygen atoms in total. The summed E-state index contributed by atoms with van der Waals surface area (Å²) in [6.07, 6.45) is 7.20. The number of pyridine rings is 1. The molecule has 0 bridgehead atoms. The number of methoxy groups -OCH3 is 1. The molecule has 21 heavy (non-hydrogen) atoms. The van der Waals surface area contributed by atoms with Gasteiger partial charge in [-0.15, -0.1) is 0 Å². The monoisotopic (exact) mass is 292 g/mol. The van der Waals surface area contributed by atoms with Crippen molar-refractivity contribution < 1.29 is 9.47 Å². The maximum atomic E-state index is 6.19. The summed E-state index contributed by atoms with van der Waals surface area (Å²) in [5.41, 5.74) is 6.75. The van der Waals surface area contributed by atoms with Crippen LogP contribution in [0.1, 0.15) is 51.1 Å². The highest BCUT2D eigenvalue weighted by Crippen LogP contribution is 2.36. The fourth-order valence-electron chi connectivity index (χ4n) is 3.19. The van der Waals surface area contributed by atoms with Crippen LogP contribution in [0.15, 0.2) is 18.2 Å². The van der Waals surface area contributed by atoms with Gasteiger partial charge in [0, 0.05) is 12.6 Å². The topological polar surface area (TPSA) is 57.4 Å². The Kier molecular flexibility index (Phi) is 6.00. The Morgan fingerprint density at radius 2 is 2.10 bits per heavy atom. The number of aromatic nitrogens is 1. The van der Waals surface area contributed by atoms with Crippen LogP contribution in [0.4, 0.5) is 0 Å². The summed E-state index contributed by atoms with van der Waals surface area (Å²) in [6, 6.07) is 5.76. The van der Waals surface area contributed by atoms with E-state index in [0.29, 0.717) is 19.0 Å². The molecule has 0 atom stereocenters. The average molecular weight is 292 g/mol. The Hall–Kier alpha value is -1.13. The molecule has 1 aromatic heterocycles. The minimum Gasteiger partial charge on any atom is -0.481 e. The Labute approximate surface area is 128 Å². The lowest BCUT2D eigenvalue weighted by Crippen LogP contribution is -2.44. The quantitative estimate of drug-likeness (QED) is 0.837. The minimum atomic E-state index is -0.158. The molecule has 1 aliphatic rings. The summed E-state index contributed by atoms with van der Waals surface area (Å²) in [6.45, 7) is 3.36. The van der Waals surface area contributed by atoms with E-state index < -0.39 is 0 Å². The molecule has 1 saturated carbocycles. The van der Waals surface area contributed by atoms with Crippen LogP contribution >= 0.6 is 0 Å². The first-order valence-corrected chi connectivity index (χ1v) is 8.05. The zero-order chi connectivity index (χ0) is 15.1. The number of nitrogens with zero attached hydrogens (tertiary/aromatic N) is 1. The number of hydrogen-bond donors (Lipinski definition) is 1. The summed E-state index contributed by atoms with van der Waals surface area (Å²) in [5, 5.41) is 0. The molecule has 2 N–H and O–H groups in total. The number of nitrogens with two attached hydrogens (primary N) is 1.